The van der Waals surface area contributed by atoms with Gasteiger partial charge in [-0.25, -0.2) is 4.98 Å². The number of anilines is 1. The van der Waals surface area contributed by atoms with Crippen molar-refractivity contribution in [1.82, 2.24) is 15.2 Å². The first-order valence-electron chi connectivity index (χ1n) is 4.84. The van der Waals surface area contributed by atoms with Crippen LogP contribution in [0.4, 0.5) is 5.95 Å². The molecule has 1 heterocycles. The summed E-state index contributed by atoms with van der Waals surface area (Å²) in [5, 5.41) is 16.6. The van der Waals surface area contributed by atoms with Crippen molar-refractivity contribution >= 4 is 5.95 Å². The first-order chi connectivity index (χ1) is 7.06. The maximum Gasteiger partial charge on any atom is 0.245 e. The first-order valence-corrected chi connectivity index (χ1v) is 4.84. The molecular weight excluding hydrogens is 190 g/mol. The van der Waals surface area contributed by atoms with Gasteiger partial charge in [0.1, 0.15) is 0 Å². The molecule has 1 atom stereocenters. The van der Waals surface area contributed by atoms with Gasteiger partial charge in [0.15, 0.2) is 0 Å². The van der Waals surface area contributed by atoms with Crippen LogP contribution in [0.5, 0.6) is 0 Å². The van der Waals surface area contributed by atoms with Gasteiger partial charge in [-0.15, -0.1) is 5.10 Å². The fourth-order valence-electron chi connectivity index (χ4n) is 1.06. The third-order valence-electron chi connectivity index (χ3n) is 2.44. The predicted molar refractivity (Wildman–Crippen MR) is 57.4 cm³/mol. The summed E-state index contributed by atoms with van der Waals surface area (Å²) >= 11 is 0. The fourth-order valence-corrected chi connectivity index (χ4v) is 1.06. The highest BCUT2D eigenvalue weighted by Gasteiger charge is 2.13. The lowest BCUT2D eigenvalue weighted by Crippen LogP contribution is -2.30. The Hall–Kier alpha value is -1.70. The number of nitriles is 1. The largest absolute Gasteiger partial charge is 0.339 e. The molecule has 0 radical (unpaired) electrons. The molecular formula is C10H15N5. The molecule has 1 aromatic heterocycles. The Morgan fingerprint density at radius 2 is 2.00 bits per heavy atom. The SMILES string of the molecule is Cc1nnc(N(C)C(C)CC#N)nc1C. The third kappa shape index (κ3) is 2.62. The number of hydrogen-bond donors (Lipinski definition) is 0. The standard InChI is InChI=1S/C10H15N5/c1-7(5-6-11)15(4)10-12-8(2)9(3)13-14-10/h7H,5H2,1-4H3. The molecule has 0 aliphatic rings. The van der Waals surface area contributed by atoms with E-state index in [0.717, 1.165) is 11.4 Å². The van der Waals surface area contributed by atoms with E-state index in [4.69, 9.17) is 5.26 Å². The monoisotopic (exact) mass is 205 g/mol. The van der Waals surface area contributed by atoms with Crippen LogP contribution >= 0.6 is 0 Å². The number of rotatable bonds is 3. The lowest BCUT2D eigenvalue weighted by atomic mass is 10.2. The summed E-state index contributed by atoms with van der Waals surface area (Å²) in [5.41, 5.74) is 1.70. The highest BCUT2D eigenvalue weighted by atomic mass is 15.3. The van der Waals surface area contributed by atoms with Gasteiger partial charge in [-0.05, 0) is 20.8 Å². The van der Waals surface area contributed by atoms with Crippen LogP contribution < -0.4 is 4.90 Å². The van der Waals surface area contributed by atoms with Gasteiger partial charge in [0.25, 0.3) is 0 Å². The van der Waals surface area contributed by atoms with Crippen LogP contribution in [0.15, 0.2) is 0 Å². The Labute approximate surface area is 89.8 Å². The highest BCUT2D eigenvalue weighted by Crippen LogP contribution is 2.11. The molecule has 0 aliphatic heterocycles. The molecule has 0 bridgehead atoms. The van der Waals surface area contributed by atoms with Crippen LogP contribution in [-0.2, 0) is 0 Å². The lowest BCUT2D eigenvalue weighted by Gasteiger charge is -2.22. The van der Waals surface area contributed by atoms with Crippen molar-refractivity contribution in [3.63, 3.8) is 0 Å². The normalized spacial score (nSPS) is 11.9. The molecule has 0 aliphatic carbocycles. The number of nitrogens with zero attached hydrogens (tertiary/aromatic N) is 5. The second-order valence-corrected chi connectivity index (χ2v) is 3.60. The van der Waals surface area contributed by atoms with Crippen LogP contribution in [0.25, 0.3) is 0 Å². The van der Waals surface area contributed by atoms with Crippen LogP contribution in [0, 0.1) is 25.2 Å². The van der Waals surface area contributed by atoms with E-state index in [1.165, 1.54) is 0 Å². The quantitative estimate of drug-likeness (QED) is 0.742. The smallest absolute Gasteiger partial charge is 0.245 e. The topological polar surface area (TPSA) is 65.7 Å². The van der Waals surface area contributed by atoms with Crippen molar-refractivity contribution < 1.29 is 0 Å². The summed E-state index contributed by atoms with van der Waals surface area (Å²) in [5.74, 6) is 0.570. The lowest BCUT2D eigenvalue weighted by molar-refractivity contribution is 0.670. The molecule has 15 heavy (non-hydrogen) atoms. The number of hydrogen-bond acceptors (Lipinski definition) is 5. The molecule has 1 rings (SSSR count). The zero-order valence-corrected chi connectivity index (χ0v) is 9.52. The van der Waals surface area contributed by atoms with Gasteiger partial charge >= 0.3 is 0 Å². The van der Waals surface area contributed by atoms with Gasteiger partial charge in [-0.1, -0.05) is 0 Å². The molecule has 0 N–H and O–H groups in total. The van der Waals surface area contributed by atoms with Crippen molar-refractivity contribution in [2.75, 3.05) is 11.9 Å². The molecule has 0 saturated heterocycles. The Morgan fingerprint density at radius 3 is 2.53 bits per heavy atom. The molecule has 1 unspecified atom stereocenters. The van der Waals surface area contributed by atoms with E-state index in [0.29, 0.717) is 12.4 Å². The maximum atomic E-state index is 8.60. The van der Waals surface area contributed by atoms with Gasteiger partial charge in [-0.2, -0.15) is 10.4 Å². The van der Waals surface area contributed by atoms with Crippen LogP contribution in [-0.4, -0.2) is 28.3 Å². The van der Waals surface area contributed by atoms with Crippen LogP contribution in [0.2, 0.25) is 0 Å². The van der Waals surface area contributed by atoms with Gasteiger partial charge in [-0.3, -0.25) is 0 Å². The maximum absolute atomic E-state index is 8.60. The average Bonchev–Trinajstić information content (AvgIpc) is 2.21. The van der Waals surface area contributed by atoms with Crippen LogP contribution in [0.1, 0.15) is 24.7 Å². The molecule has 0 aromatic carbocycles. The van der Waals surface area contributed by atoms with E-state index in [2.05, 4.69) is 21.3 Å². The van der Waals surface area contributed by atoms with Crippen molar-refractivity contribution in [3.05, 3.63) is 11.4 Å². The van der Waals surface area contributed by atoms with Crippen molar-refractivity contribution in [3.8, 4) is 6.07 Å². The van der Waals surface area contributed by atoms with E-state index >= 15 is 0 Å². The van der Waals surface area contributed by atoms with Crippen molar-refractivity contribution in [2.24, 2.45) is 0 Å². The number of aromatic nitrogens is 3. The van der Waals surface area contributed by atoms with Gasteiger partial charge in [0.05, 0.1) is 23.9 Å². The first kappa shape index (κ1) is 11.4. The molecule has 0 saturated carbocycles. The Kier molecular flexibility index (Phi) is 3.56. The summed E-state index contributed by atoms with van der Waals surface area (Å²) in [6.45, 7) is 5.73. The predicted octanol–water partition coefficient (Wildman–Crippen LogP) is 1.23. The number of aryl methyl sites for hydroxylation is 2. The summed E-state index contributed by atoms with van der Waals surface area (Å²) < 4.78 is 0. The summed E-state index contributed by atoms with van der Waals surface area (Å²) in [6.07, 6.45) is 0.451. The minimum absolute atomic E-state index is 0.0962. The Balaban J connectivity index is 2.87. The fraction of sp³-hybridized carbons (Fsp3) is 0.600. The average molecular weight is 205 g/mol. The minimum Gasteiger partial charge on any atom is -0.339 e. The molecule has 0 fully saturated rings. The van der Waals surface area contributed by atoms with Crippen molar-refractivity contribution in [1.29, 1.82) is 5.26 Å². The second kappa shape index (κ2) is 4.69. The van der Waals surface area contributed by atoms with E-state index < -0.39 is 0 Å². The Morgan fingerprint density at radius 1 is 1.33 bits per heavy atom. The van der Waals surface area contributed by atoms with Gasteiger partial charge in [0, 0.05) is 13.1 Å². The van der Waals surface area contributed by atoms with E-state index in [1.807, 2.05) is 32.7 Å². The molecule has 5 nitrogen and oxygen atoms in total. The van der Waals surface area contributed by atoms with Crippen molar-refractivity contribution in [2.45, 2.75) is 33.2 Å². The second-order valence-electron chi connectivity index (χ2n) is 3.60. The zero-order chi connectivity index (χ0) is 11.4. The molecule has 5 heteroatoms. The zero-order valence-electron chi connectivity index (χ0n) is 9.52. The minimum atomic E-state index is 0.0962. The summed E-state index contributed by atoms with van der Waals surface area (Å²) in [7, 11) is 1.87. The summed E-state index contributed by atoms with van der Waals surface area (Å²) in [6, 6.07) is 2.22. The molecule has 80 valence electrons. The van der Waals surface area contributed by atoms with Gasteiger partial charge in [0.2, 0.25) is 5.95 Å². The van der Waals surface area contributed by atoms with E-state index in [-0.39, 0.29) is 6.04 Å². The summed E-state index contributed by atoms with van der Waals surface area (Å²) in [4.78, 5) is 6.18. The molecule has 0 spiro atoms. The third-order valence-corrected chi connectivity index (χ3v) is 2.44. The Bertz CT molecular complexity index is 382. The van der Waals surface area contributed by atoms with Gasteiger partial charge < -0.3 is 4.90 Å². The van der Waals surface area contributed by atoms with E-state index in [9.17, 15) is 0 Å². The molecule has 1 aromatic rings. The molecule has 0 amide bonds. The highest BCUT2D eigenvalue weighted by molar-refractivity contribution is 5.30. The van der Waals surface area contributed by atoms with E-state index in [1.54, 1.807) is 0 Å². The van der Waals surface area contributed by atoms with Crippen LogP contribution in [0.3, 0.4) is 0 Å².